The van der Waals surface area contributed by atoms with Crippen molar-refractivity contribution in [3.63, 3.8) is 0 Å². The van der Waals surface area contributed by atoms with Crippen LogP contribution in [-0.4, -0.2) is 53.2 Å². The maximum Gasteiger partial charge on any atom is 0.232 e. The average molecular weight is 362 g/mol. The molecule has 5 heteroatoms. The first-order valence-corrected chi connectivity index (χ1v) is 10.8. The molecule has 25 heavy (non-hydrogen) atoms. The second kappa shape index (κ2) is 7.20. The van der Waals surface area contributed by atoms with Gasteiger partial charge in [0.2, 0.25) is 5.91 Å². The molecule has 1 aliphatic heterocycles. The summed E-state index contributed by atoms with van der Waals surface area (Å²) < 4.78 is 6.19. The monoisotopic (exact) mass is 361 g/mol. The molecule has 1 saturated carbocycles. The lowest BCUT2D eigenvalue weighted by Crippen LogP contribution is -2.42. The maximum absolute atomic E-state index is 12.2. The lowest BCUT2D eigenvalue weighted by atomic mass is 9.78. The second-order valence-corrected chi connectivity index (χ2v) is 8.60. The molecule has 1 N–H and O–H groups in total. The highest BCUT2D eigenvalue weighted by Gasteiger charge is 2.43. The van der Waals surface area contributed by atoms with Crippen molar-refractivity contribution >= 4 is 17.7 Å². The number of benzene rings is 1. The molecule has 1 saturated heterocycles. The molecule has 2 aliphatic carbocycles. The molecule has 3 aliphatic rings. The van der Waals surface area contributed by atoms with Crippen LogP contribution in [-0.2, 0) is 17.6 Å². The number of aliphatic hydroxyl groups excluding tert-OH is 1. The fourth-order valence-electron chi connectivity index (χ4n) is 4.73. The largest absolute Gasteiger partial charge is 0.488 e. The third-order valence-corrected chi connectivity index (χ3v) is 6.60. The Morgan fingerprint density at radius 2 is 2.00 bits per heavy atom. The Kier molecular flexibility index (Phi) is 4.96. The Balaban J connectivity index is 1.40. The van der Waals surface area contributed by atoms with E-state index < -0.39 is 6.10 Å². The number of thioether (sulfide) groups is 1. The number of carbonyl (C=O) groups excluding carboxylic acids is 1. The first kappa shape index (κ1) is 17.2. The smallest absolute Gasteiger partial charge is 0.232 e. The fraction of sp³-hybridized carbons (Fsp3) is 0.650. The first-order chi connectivity index (χ1) is 12.1. The number of hydrogen-bond acceptors (Lipinski definition) is 4. The zero-order chi connectivity index (χ0) is 17.4. The number of likely N-dealkylation sites (tertiary alicyclic amines) is 1. The summed E-state index contributed by atoms with van der Waals surface area (Å²) in [6, 6.07) is 6.38. The lowest BCUT2D eigenvalue weighted by Gasteiger charge is -2.35. The summed E-state index contributed by atoms with van der Waals surface area (Å²) in [4.78, 5) is 14.1. The molecule has 136 valence electrons. The minimum Gasteiger partial charge on any atom is -0.488 e. The van der Waals surface area contributed by atoms with Crippen LogP contribution in [0, 0.1) is 11.8 Å². The van der Waals surface area contributed by atoms with Crippen LogP contribution >= 0.6 is 11.8 Å². The van der Waals surface area contributed by atoms with Gasteiger partial charge in [-0.3, -0.25) is 4.79 Å². The number of ether oxygens (including phenoxy) is 1. The van der Waals surface area contributed by atoms with Gasteiger partial charge in [0.05, 0.1) is 11.9 Å². The van der Waals surface area contributed by atoms with Gasteiger partial charge in [0.15, 0.2) is 0 Å². The Labute approximate surface area is 153 Å². The molecule has 0 unspecified atom stereocenters. The van der Waals surface area contributed by atoms with Crippen LogP contribution in [0.3, 0.4) is 0 Å². The van der Waals surface area contributed by atoms with Crippen LogP contribution in [0.5, 0.6) is 5.75 Å². The van der Waals surface area contributed by atoms with Gasteiger partial charge in [0, 0.05) is 13.1 Å². The van der Waals surface area contributed by atoms with Crippen LogP contribution in [0.1, 0.15) is 30.4 Å². The quantitative estimate of drug-likeness (QED) is 0.895. The zero-order valence-electron chi connectivity index (χ0n) is 14.8. The Bertz CT molecular complexity index is 650. The molecular formula is C20H27NO3S. The molecule has 0 bridgehead atoms. The summed E-state index contributed by atoms with van der Waals surface area (Å²) in [5.74, 6) is 2.54. The number of fused-ring (bicyclic) bond motifs is 2. The van der Waals surface area contributed by atoms with Crippen molar-refractivity contribution in [3.8, 4) is 5.75 Å². The number of rotatable bonds is 4. The number of aryl methyl sites for hydroxylation is 2. The molecule has 0 spiro atoms. The van der Waals surface area contributed by atoms with Gasteiger partial charge in [-0.2, -0.15) is 11.8 Å². The van der Waals surface area contributed by atoms with E-state index in [4.69, 9.17) is 4.74 Å². The third kappa shape index (κ3) is 3.54. The van der Waals surface area contributed by atoms with E-state index in [-0.39, 0.29) is 12.0 Å². The van der Waals surface area contributed by atoms with Gasteiger partial charge in [0.1, 0.15) is 11.9 Å². The highest BCUT2D eigenvalue weighted by molar-refractivity contribution is 7.99. The maximum atomic E-state index is 12.2. The Morgan fingerprint density at radius 3 is 2.80 bits per heavy atom. The second-order valence-electron chi connectivity index (χ2n) is 7.73. The standard InChI is InChI=1S/C20H27NO3S/c1-25-12-20(23)21-10-15-8-18(22)19(9-16(15)11-21)24-17-6-5-13-3-2-4-14(13)7-17/h5-7,15-16,18-19,22H,2-4,8-12H2,1H3/t15-,16+,18+,19+/m0/s1. The predicted octanol–water partition coefficient (Wildman–Crippen LogP) is 2.52. The highest BCUT2D eigenvalue weighted by atomic mass is 32.2. The molecule has 1 amide bonds. The van der Waals surface area contributed by atoms with E-state index in [0.29, 0.717) is 17.6 Å². The minimum absolute atomic E-state index is 0.156. The number of hydrogen-bond donors (Lipinski definition) is 1. The number of amides is 1. The number of carbonyl (C=O) groups is 1. The van der Waals surface area contributed by atoms with Crippen LogP contribution in [0.2, 0.25) is 0 Å². The molecule has 0 radical (unpaired) electrons. The molecular weight excluding hydrogens is 334 g/mol. The van der Waals surface area contributed by atoms with Crippen LogP contribution in [0.15, 0.2) is 18.2 Å². The van der Waals surface area contributed by atoms with Gasteiger partial charge in [-0.1, -0.05) is 6.07 Å². The summed E-state index contributed by atoms with van der Waals surface area (Å²) >= 11 is 1.58. The molecule has 4 nitrogen and oxygen atoms in total. The lowest BCUT2D eigenvalue weighted by molar-refractivity contribution is -0.127. The molecule has 2 fully saturated rings. The third-order valence-electron chi connectivity index (χ3n) is 6.06. The van der Waals surface area contributed by atoms with Gasteiger partial charge in [0.25, 0.3) is 0 Å². The van der Waals surface area contributed by atoms with Gasteiger partial charge in [-0.15, -0.1) is 0 Å². The van der Waals surface area contributed by atoms with E-state index in [2.05, 4.69) is 12.1 Å². The van der Waals surface area contributed by atoms with Crippen molar-refractivity contribution in [1.82, 2.24) is 4.90 Å². The SMILES string of the molecule is CSCC(=O)N1C[C@H]2C[C@@H](Oc3ccc4c(c3)CCC4)[C@H](O)C[C@H]2C1. The van der Waals surface area contributed by atoms with E-state index >= 15 is 0 Å². The summed E-state index contributed by atoms with van der Waals surface area (Å²) in [6.45, 7) is 1.62. The van der Waals surface area contributed by atoms with Crippen LogP contribution < -0.4 is 4.74 Å². The van der Waals surface area contributed by atoms with Gasteiger partial charge < -0.3 is 14.7 Å². The van der Waals surface area contributed by atoms with Gasteiger partial charge in [-0.25, -0.2) is 0 Å². The topological polar surface area (TPSA) is 49.8 Å². The number of nitrogens with zero attached hydrogens (tertiary/aromatic N) is 1. The highest BCUT2D eigenvalue weighted by Crippen LogP contribution is 2.38. The van der Waals surface area contributed by atoms with E-state index in [0.717, 1.165) is 38.1 Å². The summed E-state index contributed by atoms with van der Waals surface area (Å²) in [6.07, 6.45) is 6.48. The van der Waals surface area contributed by atoms with Crippen molar-refractivity contribution in [2.24, 2.45) is 11.8 Å². The van der Waals surface area contributed by atoms with Gasteiger partial charge >= 0.3 is 0 Å². The van der Waals surface area contributed by atoms with Gasteiger partial charge in [-0.05, 0) is 73.5 Å². The van der Waals surface area contributed by atoms with Crippen molar-refractivity contribution < 1.29 is 14.6 Å². The molecule has 4 atom stereocenters. The van der Waals surface area contributed by atoms with Crippen molar-refractivity contribution in [1.29, 1.82) is 0 Å². The van der Waals surface area contributed by atoms with Crippen molar-refractivity contribution in [3.05, 3.63) is 29.3 Å². The number of aliphatic hydroxyl groups is 1. The van der Waals surface area contributed by atoms with E-state index in [1.165, 1.54) is 24.0 Å². The Morgan fingerprint density at radius 1 is 1.24 bits per heavy atom. The summed E-state index contributed by atoms with van der Waals surface area (Å²) in [5.41, 5.74) is 2.84. The fourth-order valence-corrected chi connectivity index (χ4v) is 5.16. The van der Waals surface area contributed by atoms with E-state index in [1.54, 1.807) is 11.8 Å². The predicted molar refractivity (Wildman–Crippen MR) is 100 cm³/mol. The van der Waals surface area contributed by atoms with E-state index in [1.807, 2.05) is 17.2 Å². The molecule has 1 aromatic carbocycles. The summed E-state index contributed by atoms with van der Waals surface area (Å²) in [7, 11) is 0. The first-order valence-electron chi connectivity index (χ1n) is 9.37. The molecule has 0 aromatic heterocycles. The molecule has 4 rings (SSSR count). The normalized spacial score (nSPS) is 30.9. The molecule has 1 heterocycles. The van der Waals surface area contributed by atoms with E-state index in [9.17, 15) is 9.90 Å². The van der Waals surface area contributed by atoms with Crippen LogP contribution in [0.25, 0.3) is 0 Å². The molecule has 1 aromatic rings. The van der Waals surface area contributed by atoms with Crippen LogP contribution in [0.4, 0.5) is 0 Å². The Hall–Kier alpha value is -1.20. The summed E-state index contributed by atoms with van der Waals surface area (Å²) in [5, 5.41) is 10.6. The van der Waals surface area contributed by atoms with Crippen molar-refractivity contribution in [2.45, 2.75) is 44.3 Å². The van der Waals surface area contributed by atoms with Crippen molar-refractivity contribution in [2.75, 3.05) is 25.1 Å². The zero-order valence-corrected chi connectivity index (χ0v) is 15.6. The minimum atomic E-state index is -0.440. The average Bonchev–Trinajstić information content (AvgIpc) is 3.21.